The van der Waals surface area contributed by atoms with Crippen molar-refractivity contribution in [1.29, 1.82) is 0 Å². The summed E-state index contributed by atoms with van der Waals surface area (Å²) in [5, 5.41) is 17.6. The van der Waals surface area contributed by atoms with Crippen LogP contribution in [-0.4, -0.2) is 0 Å². The van der Waals surface area contributed by atoms with Crippen molar-refractivity contribution in [3.8, 4) is 55.6 Å². The van der Waals surface area contributed by atoms with Crippen LogP contribution < -0.4 is 0 Å². The molecule has 296 valence electrons. The van der Waals surface area contributed by atoms with Crippen molar-refractivity contribution < 1.29 is 0 Å². The minimum Gasteiger partial charge on any atom is -0.0616 e. The quantitative estimate of drug-likeness (QED) is 0.120. The van der Waals surface area contributed by atoms with Gasteiger partial charge in [0.2, 0.25) is 0 Å². The first kappa shape index (κ1) is 36.3. The highest BCUT2D eigenvalue weighted by Crippen LogP contribution is 2.47. The van der Waals surface area contributed by atoms with E-state index in [0.717, 1.165) is 0 Å². The Balaban J connectivity index is 1.06. The van der Waals surface area contributed by atoms with Gasteiger partial charge in [0.15, 0.2) is 0 Å². The second kappa shape index (κ2) is 14.7. The van der Waals surface area contributed by atoms with Crippen molar-refractivity contribution in [2.45, 2.75) is 0 Å². The molecule has 13 aromatic carbocycles. The van der Waals surface area contributed by atoms with Gasteiger partial charge in [-0.05, 0) is 174 Å². The van der Waals surface area contributed by atoms with Crippen LogP contribution in [0, 0.1) is 0 Å². The van der Waals surface area contributed by atoms with Gasteiger partial charge in [0.1, 0.15) is 0 Å². The molecule has 0 heterocycles. The third-order valence-corrected chi connectivity index (χ3v) is 13.5. The van der Waals surface area contributed by atoms with E-state index in [0.29, 0.717) is 0 Å². The lowest BCUT2D eigenvalue weighted by Gasteiger charge is -2.20. The maximum absolute atomic E-state index is 2.47. The van der Waals surface area contributed by atoms with Crippen LogP contribution in [0.5, 0.6) is 0 Å². The molecule has 0 spiro atoms. The van der Waals surface area contributed by atoms with E-state index in [-0.39, 0.29) is 0 Å². The average molecular weight is 809 g/mol. The van der Waals surface area contributed by atoms with Crippen molar-refractivity contribution >= 4 is 75.4 Å². The predicted octanol–water partition coefficient (Wildman–Crippen LogP) is 18.1. The van der Waals surface area contributed by atoms with Gasteiger partial charge >= 0.3 is 0 Å². The number of hydrogen-bond acceptors (Lipinski definition) is 0. The highest BCUT2D eigenvalue weighted by Gasteiger charge is 2.19. The van der Waals surface area contributed by atoms with Crippen LogP contribution in [0.2, 0.25) is 0 Å². The lowest BCUT2D eigenvalue weighted by atomic mass is 9.83. The molecule has 0 nitrogen and oxygen atoms in total. The van der Waals surface area contributed by atoms with Gasteiger partial charge in [-0.3, -0.25) is 0 Å². The van der Waals surface area contributed by atoms with E-state index in [2.05, 4.69) is 243 Å². The first-order chi connectivity index (χ1) is 31.7. The smallest absolute Gasteiger partial charge is 0.00259 e. The summed E-state index contributed by atoms with van der Waals surface area (Å²) in [7, 11) is 0. The van der Waals surface area contributed by atoms with Crippen LogP contribution in [0.3, 0.4) is 0 Å². The van der Waals surface area contributed by atoms with Crippen LogP contribution in [0.25, 0.3) is 131 Å². The molecular weight excluding hydrogens is 769 g/mol. The summed E-state index contributed by atoms with van der Waals surface area (Å²) in [4.78, 5) is 0. The Hall–Kier alpha value is -8.32. The van der Waals surface area contributed by atoms with E-state index in [1.807, 2.05) is 0 Å². The van der Waals surface area contributed by atoms with E-state index in [1.165, 1.54) is 131 Å². The molecule has 0 aromatic heterocycles. The van der Waals surface area contributed by atoms with Crippen molar-refractivity contribution in [1.82, 2.24) is 0 Å². The predicted molar refractivity (Wildman–Crippen MR) is 276 cm³/mol. The lowest BCUT2D eigenvalue weighted by Crippen LogP contribution is -1.93. The molecule has 0 unspecified atom stereocenters. The molecule has 0 aliphatic heterocycles. The van der Waals surface area contributed by atoms with E-state index in [1.54, 1.807) is 0 Å². The van der Waals surface area contributed by atoms with Crippen LogP contribution >= 0.6 is 0 Å². The maximum Gasteiger partial charge on any atom is -0.00259 e. The molecular formula is C64H40. The van der Waals surface area contributed by atoms with E-state index in [4.69, 9.17) is 0 Å². The van der Waals surface area contributed by atoms with Gasteiger partial charge in [0.05, 0.1) is 0 Å². The fraction of sp³-hybridized carbons (Fsp3) is 0. The monoisotopic (exact) mass is 808 g/mol. The molecule has 0 fully saturated rings. The molecule has 0 radical (unpaired) electrons. The summed E-state index contributed by atoms with van der Waals surface area (Å²) in [6.07, 6.45) is 0. The zero-order chi connectivity index (χ0) is 42.1. The molecule has 0 N–H and O–H groups in total. The summed E-state index contributed by atoms with van der Waals surface area (Å²) in [5.74, 6) is 0. The maximum atomic E-state index is 2.47. The van der Waals surface area contributed by atoms with Gasteiger partial charge in [0.25, 0.3) is 0 Å². The number of fused-ring (bicyclic) bond motifs is 8. The molecule has 13 aromatic rings. The number of benzene rings is 13. The van der Waals surface area contributed by atoms with Crippen molar-refractivity contribution in [2.24, 2.45) is 0 Å². The summed E-state index contributed by atoms with van der Waals surface area (Å²) in [6, 6.07) is 90.2. The molecule has 0 atom stereocenters. The minimum absolute atomic E-state index is 1.20. The van der Waals surface area contributed by atoms with Gasteiger partial charge in [-0.25, -0.2) is 0 Å². The van der Waals surface area contributed by atoms with Gasteiger partial charge in [-0.15, -0.1) is 0 Å². The summed E-state index contributed by atoms with van der Waals surface area (Å²) in [5.41, 5.74) is 12.2. The second-order valence-corrected chi connectivity index (χ2v) is 17.2. The highest BCUT2D eigenvalue weighted by atomic mass is 14.2. The Morgan fingerprint density at radius 3 is 1.20 bits per heavy atom. The molecule has 13 rings (SSSR count). The molecule has 0 saturated carbocycles. The van der Waals surface area contributed by atoms with Gasteiger partial charge in [0, 0.05) is 0 Å². The zero-order valence-electron chi connectivity index (χ0n) is 35.1. The van der Waals surface area contributed by atoms with Crippen molar-refractivity contribution in [3.05, 3.63) is 243 Å². The second-order valence-electron chi connectivity index (χ2n) is 17.2. The minimum atomic E-state index is 1.20. The Morgan fingerprint density at radius 1 is 0.156 bits per heavy atom. The number of hydrogen-bond donors (Lipinski definition) is 0. The Labute approximate surface area is 371 Å². The summed E-state index contributed by atoms with van der Waals surface area (Å²) < 4.78 is 0. The van der Waals surface area contributed by atoms with Gasteiger partial charge in [-0.2, -0.15) is 0 Å². The fourth-order valence-corrected chi connectivity index (χ4v) is 10.4. The molecule has 0 aliphatic rings. The Bertz CT molecular complexity index is 4020. The highest BCUT2D eigenvalue weighted by molar-refractivity contribution is 6.23. The third kappa shape index (κ3) is 5.99. The first-order valence-electron chi connectivity index (χ1n) is 22.2. The lowest BCUT2D eigenvalue weighted by molar-refractivity contribution is 1.61. The topological polar surface area (TPSA) is 0 Å². The summed E-state index contributed by atoms with van der Waals surface area (Å²) in [6.45, 7) is 0. The third-order valence-electron chi connectivity index (χ3n) is 13.5. The normalized spacial score (nSPS) is 11.8. The standard InChI is InChI=1S/C64H40/c1-3-14-43-34-49(28-26-41(43)12-1)46-18-9-20-53(37-46)63-58-22-7-8-23-59(58)64(54-21-10-19-47(38-54)50-29-27-42-13-2-4-15-44(42)35-50)62-40-52(31-33-60(62)63)55-24-11-25-56-57(55)32-30-51-36-45-16-5-6-17-48(45)39-61(51)56/h1-40H. The molecule has 0 bridgehead atoms. The summed E-state index contributed by atoms with van der Waals surface area (Å²) >= 11 is 0. The van der Waals surface area contributed by atoms with E-state index in [9.17, 15) is 0 Å². The fourth-order valence-electron chi connectivity index (χ4n) is 10.4. The van der Waals surface area contributed by atoms with E-state index < -0.39 is 0 Å². The molecule has 0 amide bonds. The number of rotatable bonds is 5. The molecule has 0 saturated heterocycles. The van der Waals surface area contributed by atoms with Crippen molar-refractivity contribution in [3.63, 3.8) is 0 Å². The van der Waals surface area contributed by atoms with Crippen LogP contribution in [0.1, 0.15) is 0 Å². The van der Waals surface area contributed by atoms with Crippen LogP contribution in [-0.2, 0) is 0 Å². The molecule has 0 aliphatic carbocycles. The van der Waals surface area contributed by atoms with Crippen LogP contribution in [0.4, 0.5) is 0 Å². The van der Waals surface area contributed by atoms with Crippen LogP contribution in [0.15, 0.2) is 243 Å². The zero-order valence-corrected chi connectivity index (χ0v) is 35.1. The average Bonchev–Trinajstić information content (AvgIpc) is 3.36. The molecule has 64 heavy (non-hydrogen) atoms. The van der Waals surface area contributed by atoms with E-state index >= 15 is 0 Å². The molecule has 0 heteroatoms. The SMILES string of the molecule is c1cc(-c2ccc3ccccc3c2)cc(-c2c3ccccc3c(-c3cccc(-c4ccc5ccccc5c4)c3)c3cc(-c4cccc5c4ccc4cc6ccccc6cc45)ccc23)c1. The van der Waals surface area contributed by atoms with Gasteiger partial charge in [-0.1, -0.05) is 200 Å². The Morgan fingerprint density at radius 2 is 0.578 bits per heavy atom. The van der Waals surface area contributed by atoms with Gasteiger partial charge < -0.3 is 0 Å². The Kier molecular flexibility index (Phi) is 8.32. The largest absolute Gasteiger partial charge is 0.0616 e. The van der Waals surface area contributed by atoms with Crippen molar-refractivity contribution in [2.75, 3.05) is 0 Å². The first-order valence-corrected chi connectivity index (χ1v) is 22.2.